The molecule has 5 heteroatoms. The zero-order chi connectivity index (χ0) is 15.6. The maximum Gasteiger partial charge on any atom is 0.254 e. The van der Waals surface area contributed by atoms with Gasteiger partial charge in [-0.05, 0) is 64.9 Å². The molecule has 1 amide bonds. The van der Waals surface area contributed by atoms with Crippen molar-refractivity contribution < 1.29 is 4.79 Å². The second-order valence-electron chi connectivity index (χ2n) is 4.95. The first kappa shape index (κ1) is 16.1. The van der Waals surface area contributed by atoms with Crippen LogP contribution >= 0.6 is 34.2 Å². The van der Waals surface area contributed by atoms with E-state index in [1.165, 1.54) is 0 Å². The monoisotopic (exact) mass is 414 g/mol. The van der Waals surface area contributed by atoms with Gasteiger partial charge in [0, 0.05) is 27.9 Å². The third-order valence-corrected chi connectivity index (χ3v) is 5.05. The molecule has 0 bridgehead atoms. The number of anilines is 1. The predicted molar refractivity (Wildman–Crippen MR) is 95.6 cm³/mol. The van der Waals surface area contributed by atoms with E-state index in [0.29, 0.717) is 22.8 Å². The molecule has 3 nitrogen and oxygen atoms in total. The van der Waals surface area contributed by atoms with Crippen LogP contribution in [0, 0.1) is 10.5 Å². The lowest BCUT2D eigenvalue weighted by Crippen LogP contribution is -2.27. The Morgan fingerprint density at radius 2 is 2.05 bits per heavy atom. The Balaban J connectivity index is 2.24. The van der Waals surface area contributed by atoms with Gasteiger partial charge in [-0.15, -0.1) is 0 Å². The molecule has 0 saturated carbocycles. The molecule has 0 fully saturated rings. The normalized spacial score (nSPS) is 10.5. The minimum absolute atomic E-state index is 0.0263. The molecule has 0 atom stereocenters. The van der Waals surface area contributed by atoms with E-state index in [9.17, 15) is 4.79 Å². The summed E-state index contributed by atoms with van der Waals surface area (Å²) in [6.07, 6.45) is 0. The largest absolute Gasteiger partial charge is 0.399 e. The quantitative estimate of drug-likeness (QED) is 0.607. The van der Waals surface area contributed by atoms with Crippen molar-refractivity contribution in [2.45, 2.75) is 13.5 Å². The number of nitrogens with zero attached hydrogens (tertiary/aromatic N) is 1. The van der Waals surface area contributed by atoms with Crippen molar-refractivity contribution in [1.29, 1.82) is 0 Å². The predicted octanol–water partition coefficient (Wildman–Crippen LogP) is 4.11. The van der Waals surface area contributed by atoms with Gasteiger partial charge in [-0.25, -0.2) is 0 Å². The minimum Gasteiger partial charge on any atom is -0.399 e. The molecule has 2 aromatic carbocycles. The molecule has 0 aliphatic rings. The van der Waals surface area contributed by atoms with Gasteiger partial charge in [-0.1, -0.05) is 23.7 Å². The highest BCUT2D eigenvalue weighted by Crippen LogP contribution is 2.22. The van der Waals surface area contributed by atoms with Crippen LogP contribution in [0.15, 0.2) is 36.4 Å². The number of hydrogen-bond acceptors (Lipinski definition) is 2. The lowest BCUT2D eigenvalue weighted by atomic mass is 10.1. The van der Waals surface area contributed by atoms with E-state index in [-0.39, 0.29) is 5.91 Å². The van der Waals surface area contributed by atoms with Gasteiger partial charge in [0.25, 0.3) is 5.91 Å². The van der Waals surface area contributed by atoms with E-state index < -0.39 is 0 Å². The van der Waals surface area contributed by atoms with Crippen LogP contribution in [0.3, 0.4) is 0 Å². The summed E-state index contributed by atoms with van der Waals surface area (Å²) in [6, 6.07) is 11.0. The molecular formula is C16H16ClIN2O. The Kier molecular flexibility index (Phi) is 5.11. The van der Waals surface area contributed by atoms with Crippen molar-refractivity contribution >= 4 is 45.8 Å². The van der Waals surface area contributed by atoms with Gasteiger partial charge in [0.1, 0.15) is 0 Å². The van der Waals surface area contributed by atoms with Gasteiger partial charge in [-0.3, -0.25) is 4.79 Å². The van der Waals surface area contributed by atoms with Crippen molar-refractivity contribution in [2.75, 3.05) is 12.8 Å². The number of carbonyl (C=O) groups excluding carboxylic acids is 1. The van der Waals surface area contributed by atoms with Crippen LogP contribution < -0.4 is 5.73 Å². The third-order valence-electron chi connectivity index (χ3n) is 3.25. The molecule has 0 saturated heterocycles. The van der Waals surface area contributed by atoms with Crippen LogP contribution in [-0.2, 0) is 6.54 Å². The summed E-state index contributed by atoms with van der Waals surface area (Å²) in [5.41, 5.74) is 9.05. The molecule has 2 aromatic rings. The molecule has 0 aliphatic heterocycles. The number of nitrogens with two attached hydrogens (primary N) is 1. The number of halogens is 2. The Labute approximate surface area is 143 Å². The molecule has 110 valence electrons. The molecule has 0 radical (unpaired) electrons. The first-order valence-electron chi connectivity index (χ1n) is 6.44. The Morgan fingerprint density at radius 1 is 1.33 bits per heavy atom. The zero-order valence-corrected chi connectivity index (χ0v) is 14.8. The zero-order valence-electron chi connectivity index (χ0n) is 11.9. The lowest BCUT2D eigenvalue weighted by molar-refractivity contribution is 0.0784. The summed E-state index contributed by atoms with van der Waals surface area (Å²) in [5, 5.41) is 0.614. The molecule has 2 rings (SSSR count). The highest BCUT2D eigenvalue weighted by molar-refractivity contribution is 14.1. The number of nitrogen functional groups attached to an aromatic ring is 1. The molecule has 0 aliphatic carbocycles. The van der Waals surface area contributed by atoms with E-state index in [1.54, 1.807) is 30.1 Å². The van der Waals surface area contributed by atoms with Crippen LogP contribution in [0.2, 0.25) is 5.02 Å². The number of benzene rings is 2. The lowest BCUT2D eigenvalue weighted by Gasteiger charge is -2.19. The van der Waals surface area contributed by atoms with E-state index >= 15 is 0 Å². The van der Waals surface area contributed by atoms with Crippen LogP contribution in [0.1, 0.15) is 21.5 Å². The molecule has 0 heterocycles. The maximum absolute atomic E-state index is 12.6. The highest BCUT2D eigenvalue weighted by Gasteiger charge is 2.17. The highest BCUT2D eigenvalue weighted by atomic mass is 127. The summed E-state index contributed by atoms with van der Waals surface area (Å²) < 4.78 is 0.977. The minimum atomic E-state index is -0.0263. The Bertz CT molecular complexity index is 688. The first-order valence-corrected chi connectivity index (χ1v) is 7.90. The van der Waals surface area contributed by atoms with Gasteiger partial charge in [0.05, 0.1) is 5.56 Å². The fraction of sp³-hybridized carbons (Fsp3) is 0.188. The second-order valence-corrected chi connectivity index (χ2v) is 6.43. The number of amides is 1. The van der Waals surface area contributed by atoms with Crippen molar-refractivity contribution in [1.82, 2.24) is 4.90 Å². The van der Waals surface area contributed by atoms with Gasteiger partial charge >= 0.3 is 0 Å². The molecular weight excluding hydrogens is 399 g/mol. The molecule has 2 N–H and O–H groups in total. The average Bonchev–Trinajstić information content (AvgIpc) is 2.45. The number of rotatable bonds is 3. The number of hydrogen-bond donors (Lipinski definition) is 1. The number of carbonyl (C=O) groups is 1. The van der Waals surface area contributed by atoms with E-state index in [1.807, 2.05) is 25.1 Å². The summed E-state index contributed by atoms with van der Waals surface area (Å²) in [4.78, 5) is 14.2. The summed E-state index contributed by atoms with van der Waals surface area (Å²) >= 11 is 8.36. The topological polar surface area (TPSA) is 46.3 Å². The standard InChI is InChI=1S/C16H16ClIN2O/c1-10-4-3-5-13(15(10)18)16(21)20(2)9-11-8-12(19)6-7-14(11)17/h3-8H,9,19H2,1-2H3. The SMILES string of the molecule is Cc1cccc(C(=O)N(C)Cc2cc(N)ccc2Cl)c1I. The van der Waals surface area contributed by atoms with Gasteiger partial charge in [0.2, 0.25) is 0 Å². The summed E-state index contributed by atoms with van der Waals surface area (Å²) in [7, 11) is 1.76. The third kappa shape index (κ3) is 3.68. The van der Waals surface area contributed by atoms with Gasteiger partial charge < -0.3 is 10.6 Å². The van der Waals surface area contributed by atoms with E-state index in [4.69, 9.17) is 17.3 Å². The first-order chi connectivity index (χ1) is 9.90. The van der Waals surface area contributed by atoms with Crippen LogP contribution in [-0.4, -0.2) is 17.9 Å². The smallest absolute Gasteiger partial charge is 0.254 e. The van der Waals surface area contributed by atoms with Crippen molar-refractivity contribution in [3.05, 3.63) is 61.7 Å². The van der Waals surface area contributed by atoms with Crippen molar-refractivity contribution in [2.24, 2.45) is 0 Å². The Morgan fingerprint density at radius 3 is 2.76 bits per heavy atom. The molecule has 0 spiro atoms. The molecule has 0 unspecified atom stereocenters. The van der Waals surface area contributed by atoms with Crippen LogP contribution in [0.5, 0.6) is 0 Å². The summed E-state index contributed by atoms with van der Waals surface area (Å²) in [5.74, 6) is -0.0263. The maximum atomic E-state index is 12.6. The van der Waals surface area contributed by atoms with Crippen LogP contribution in [0.25, 0.3) is 0 Å². The fourth-order valence-corrected chi connectivity index (χ4v) is 2.83. The molecule has 21 heavy (non-hydrogen) atoms. The molecule has 0 aromatic heterocycles. The fourth-order valence-electron chi connectivity index (χ4n) is 2.06. The summed E-state index contributed by atoms with van der Waals surface area (Å²) in [6.45, 7) is 2.42. The second kappa shape index (κ2) is 6.66. The van der Waals surface area contributed by atoms with Crippen LogP contribution in [0.4, 0.5) is 5.69 Å². The van der Waals surface area contributed by atoms with E-state index in [2.05, 4.69) is 22.6 Å². The van der Waals surface area contributed by atoms with Crippen molar-refractivity contribution in [3.63, 3.8) is 0 Å². The van der Waals surface area contributed by atoms with Crippen molar-refractivity contribution in [3.8, 4) is 0 Å². The average molecular weight is 415 g/mol. The van der Waals surface area contributed by atoms with Gasteiger partial charge in [-0.2, -0.15) is 0 Å². The Hall–Kier alpha value is -1.27. The van der Waals surface area contributed by atoms with Gasteiger partial charge in [0.15, 0.2) is 0 Å². The van der Waals surface area contributed by atoms with E-state index in [0.717, 1.165) is 14.7 Å². The number of aryl methyl sites for hydroxylation is 1.